The van der Waals surface area contributed by atoms with Gasteiger partial charge in [0.15, 0.2) is 11.5 Å². The Morgan fingerprint density at radius 1 is 1.19 bits per heavy atom. The second-order valence-electron chi connectivity index (χ2n) is 4.64. The third kappa shape index (κ3) is 3.42. The summed E-state index contributed by atoms with van der Waals surface area (Å²) >= 11 is 0. The fraction of sp³-hybridized carbons (Fsp3) is 0.538. The smallest absolute Gasteiger partial charge is 0.163 e. The van der Waals surface area contributed by atoms with Crippen LogP contribution >= 0.6 is 0 Å². The molecule has 0 aliphatic rings. The van der Waals surface area contributed by atoms with Gasteiger partial charge in [-0.15, -0.1) is 0 Å². The molecule has 0 aliphatic heterocycles. The van der Waals surface area contributed by atoms with Crippen LogP contribution in [0.25, 0.3) is 0 Å². The van der Waals surface area contributed by atoms with E-state index in [1.54, 1.807) is 14.2 Å². The molecule has 0 atom stereocenters. The van der Waals surface area contributed by atoms with Crippen LogP contribution in [0.4, 0.5) is 0 Å². The molecule has 3 nitrogen and oxygen atoms in total. The van der Waals surface area contributed by atoms with Crippen LogP contribution in [0.3, 0.4) is 0 Å². The van der Waals surface area contributed by atoms with Gasteiger partial charge in [-0.1, -0.05) is 12.1 Å². The van der Waals surface area contributed by atoms with Crippen molar-refractivity contribution >= 4 is 0 Å². The zero-order valence-corrected chi connectivity index (χ0v) is 10.5. The Morgan fingerprint density at radius 3 is 2.38 bits per heavy atom. The fourth-order valence-electron chi connectivity index (χ4n) is 1.61. The summed E-state index contributed by atoms with van der Waals surface area (Å²) in [5.74, 6) is 1.59. The lowest BCUT2D eigenvalue weighted by Gasteiger charge is -2.19. The lowest BCUT2D eigenvalue weighted by atomic mass is 9.96. The highest BCUT2D eigenvalue weighted by Crippen LogP contribution is 2.31. The average Bonchev–Trinajstić information content (AvgIpc) is 2.24. The molecule has 2 N–H and O–H groups in total. The van der Waals surface area contributed by atoms with Crippen molar-refractivity contribution in [3.63, 3.8) is 0 Å². The molecule has 0 aromatic heterocycles. The molecule has 1 aromatic carbocycles. The number of benzene rings is 1. The maximum atomic E-state index is 5.97. The van der Waals surface area contributed by atoms with Gasteiger partial charge in [0.2, 0.25) is 0 Å². The first-order chi connectivity index (χ1) is 7.48. The Hall–Kier alpha value is -1.22. The van der Waals surface area contributed by atoms with E-state index in [1.807, 2.05) is 32.0 Å². The maximum absolute atomic E-state index is 5.97. The molecule has 3 heteroatoms. The Kier molecular flexibility index (Phi) is 4.19. The molecule has 0 heterocycles. The van der Waals surface area contributed by atoms with E-state index in [2.05, 4.69) is 0 Å². The number of methoxy groups -OCH3 is 2. The van der Waals surface area contributed by atoms with Gasteiger partial charge < -0.3 is 15.2 Å². The molecular weight excluding hydrogens is 202 g/mol. The van der Waals surface area contributed by atoms with E-state index >= 15 is 0 Å². The number of aryl methyl sites for hydroxylation is 1. The van der Waals surface area contributed by atoms with Gasteiger partial charge in [0, 0.05) is 5.54 Å². The number of ether oxygens (including phenoxy) is 2. The van der Waals surface area contributed by atoms with E-state index in [0.717, 1.165) is 29.9 Å². The summed E-state index contributed by atoms with van der Waals surface area (Å²) in [5.41, 5.74) is 6.95. The summed E-state index contributed by atoms with van der Waals surface area (Å²) in [4.78, 5) is 0. The van der Waals surface area contributed by atoms with E-state index in [1.165, 1.54) is 0 Å². The first kappa shape index (κ1) is 12.8. The predicted octanol–water partition coefficient (Wildman–Crippen LogP) is 2.37. The summed E-state index contributed by atoms with van der Waals surface area (Å²) < 4.78 is 10.6. The number of para-hydroxylation sites is 1. The highest BCUT2D eigenvalue weighted by molar-refractivity contribution is 5.46. The number of hydrogen-bond acceptors (Lipinski definition) is 3. The molecule has 0 bridgehead atoms. The van der Waals surface area contributed by atoms with E-state index in [4.69, 9.17) is 15.2 Å². The van der Waals surface area contributed by atoms with Gasteiger partial charge in [0.25, 0.3) is 0 Å². The predicted molar refractivity (Wildman–Crippen MR) is 66.1 cm³/mol. The maximum Gasteiger partial charge on any atom is 0.163 e. The molecule has 0 spiro atoms. The van der Waals surface area contributed by atoms with Crippen LogP contribution in [0.5, 0.6) is 11.5 Å². The number of hydrogen-bond donors (Lipinski definition) is 1. The lowest BCUT2D eigenvalue weighted by Crippen LogP contribution is -2.32. The summed E-state index contributed by atoms with van der Waals surface area (Å²) in [6.45, 7) is 4.05. The molecule has 0 saturated heterocycles. The largest absolute Gasteiger partial charge is 0.493 e. The Labute approximate surface area is 97.6 Å². The van der Waals surface area contributed by atoms with Gasteiger partial charge in [0.1, 0.15) is 0 Å². The van der Waals surface area contributed by atoms with Crippen LogP contribution in [-0.4, -0.2) is 19.8 Å². The highest BCUT2D eigenvalue weighted by atomic mass is 16.5. The minimum absolute atomic E-state index is 0.159. The second kappa shape index (κ2) is 5.21. The zero-order valence-electron chi connectivity index (χ0n) is 10.5. The van der Waals surface area contributed by atoms with E-state index in [0.29, 0.717) is 0 Å². The highest BCUT2D eigenvalue weighted by Gasteiger charge is 2.14. The first-order valence-electron chi connectivity index (χ1n) is 5.46. The van der Waals surface area contributed by atoms with Gasteiger partial charge in [-0.3, -0.25) is 0 Å². The summed E-state index contributed by atoms with van der Waals surface area (Å²) in [6, 6.07) is 5.92. The van der Waals surface area contributed by atoms with Gasteiger partial charge in [-0.2, -0.15) is 0 Å². The minimum atomic E-state index is -0.159. The third-order valence-corrected chi connectivity index (χ3v) is 2.52. The lowest BCUT2D eigenvalue weighted by molar-refractivity contribution is 0.350. The summed E-state index contributed by atoms with van der Waals surface area (Å²) in [5, 5.41) is 0. The topological polar surface area (TPSA) is 44.5 Å². The molecule has 0 unspecified atom stereocenters. The monoisotopic (exact) mass is 223 g/mol. The van der Waals surface area contributed by atoms with Crippen LogP contribution in [0.15, 0.2) is 18.2 Å². The number of nitrogens with two attached hydrogens (primary N) is 1. The van der Waals surface area contributed by atoms with Crippen LogP contribution in [-0.2, 0) is 6.42 Å². The standard InChI is InChI=1S/C13H21NO2/c1-13(2,14)9-8-10-6-5-7-11(15-3)12(10)16-4/h5-7H,8-9,14H2,1-4H3. The molecule has 1 aromatic rings. The zero-order chi connectivity index (χ0) is 12.2. The van der Waals surface area contributed by atoms with Gasteiger partial charge in [-0.25, -0.2) is 0 Å². The average molecular weight is 223 g/mol. The molecule has 0 radical (unpaired) electrons. The SMILES string of the molecule is COc1cccc(CCC(C)(C)N)c1OC. The van der Waals surface area contributed by atoms with Crippen molar-refractivity contribution in [2.75, 3.05) is 14.2 Å². The van der Waals surface area contributed by atoms with Crippen molar-refractivity contribution in [1.82, 2.24) is 0 Å². The van der Waals surface area contributed by atoms with Crippen LogP contribution in [0, 0.1) is 0 Å². The normalized spacial score (nSPS) is 11.3. The van der Waals surface area contributed by atoms with Crippen molar-refractivity contribution < 1.29 is 9.47 Å². The van der Waals surface area contributed by atoms with E-state index in [9.17, 15) is 0 Å². The van der Waals surface area contributed by atoms with Gasteiger partial charge in [0.05, 0.1) is 14.2 Å². The molecule has 90 valence electrons. The molecular formula is C13H21NO2. The number of rotatable bonds is 5. The van der Waals surface area contributed by atoms with Gasteiger partial charge >= 0.3 is 0 Å². The molecule has 1 rings (SSSR count). The van der Waals surface area contributed by atoms with Crippen molar-refractivity contribution in [3.05, 3.63) is 23.8 Å². The van der Waals surface area contributed by atoms with E-state index in [-0.39, 0.29) is 5.54 Å². The molecule has 0 fully saturated rings. The van der Waals surface area contributed by atoms with Crippen LogP contribution < -0.4 is 15.2 Å². The Bertz CT molecular complexity index is 342. The van der Waals surface area contributed by atoms with Crippen molar-refractivity contribution in [3.8, 4) is 11.5 Å². The Balaban J connectivity index is 2.87. The van der Waals surface area contributed by atoms with E-state index < -0.39 is 0 Å². The molecule has 0 aliphatic carbocycles. The second-order valence-corrected chi connectivity index (χ2v) is 4.64. The fourth-order valence-corrected chi connectivity index (χ4v) is 1.61. The quantitative estimate of drug-likeness (QED) is 0.833. The van der Waals surface area contributed by atoms with Crippen molar-refractivity contribution in [2.45, 2.75) is 32.2 Å². The Morgan fingerprint density at radius 2 is 1.88 bits per heavy atom. The summed E-state index contributed by atoms with van der Waals surface area (Å²) in [7, 11) is 3.31. The molecule has 16 heavy (non-hydrogen) atoms. The molecule has 0 saturated carbocycles. The third-order valence-electron chi connectivity index (χ3n) is 2.52. The van der Waals surface area contributed by atoms with Crippen molar-refractivity contribution in [1.29, 1.82) is 0 Å². The minimum Gasteiger partial charge on any atom is -0.493 e. The first-order valence-corrected chi connectivity index (χ1v) is 5.46. The van der Waals surface area contributed by atoms with Crippen molar-refractivity contribution in [2.24, 2.45) is 5.73 Å². The van der Waals surface area contributed by atoms with Gasteiger partial charge in [-0.05, 0) is 38.3 Å². The van der Waals surface area contributed by atoms with Crippen LogP contribution in [0.1, 0.15) is 25.8 Å². The van der Waals surface area contributed by atoms with Crippen LogP contribution in [0.2, 0.25) is 0 Å². The molecule has 0 amide bonds. The summed E-state index contributed by atoms with van der Waals surface area (Å²) in [6.07, 6.45) is 1.81.